The standard InChI is InChI=1S/C11H8N2OS/c14-6-1-3-10-7-9(8-15-10)11-12-4-2-5-13-11/h1-8H/b3-1+. The van der Waals surface area contributed by atoms with Crippen LogP contribution < -0.4 is 0 Å². The number of hydrogen-bond donors (Lipinski definition) is 0. The lowest BCUT2D eigenvalue weighted by Gasteiger charge is -1.91. The summed E-state index contributed by atoms with van der Waals surface area (Å²) in [6.07, 6.45) is 7.42. The van der Waals surface area contributed by atoms with Crippen LogP contribution in [0.25, 0.3) is 17.5 Å². The van der Waals surface area contributed by atoms with Gasteiger partial charge in [0.1, 0.15) is 6.29 Å². The van der Waals surface area contributed by atoms with Crippen LogP contribution in [0.2, 0.25) is 0 Å². The number of carbonyl (C=O) groups is 1. The minimum Gasteiger partial charge on any atom is -0.299 e. The smallest absolute Gasteiger partial charge is 0.159 e. The highest BCUT2D eigenvalue weighted by molar-refractivity contribution is 7.11. The molecule has 0 unspecified atom stereocenters. The van der Waals surface area contributed by atoms with E-state index in [0.29, 0.717) is 5.82 Å². The van der Waals surface area contributed by atoms with Crippen LogP contribution in [-0.4, -0.2) is 16.3 Å². The van der Waals surface area contributed by atoms with Gasteiger partial charge in [-0.15, -0.1) is 11.3 Å². The van der Waals surface area contributed by atoms with Gasteiger partial charge in [0.25, 0.3) is 0 Å². The molecule has 4 heteroatoms. The summed E-state index contributed by atoms with van der Waals surface area (Å²) < 4.78 is 0. The molecule has 74 valence electrons. The number of carbonyl (C=O) groups excluding carboxylic acids is 1. The number of rotatable bonds is 3. The third-order valence-electron chi connectivity index (χ3n) is 1.78. The second-order valence-corrected chi connectivity index (χ2v) is 3.75. The Morgan fingerprint density at radius 3 is 2.80 bits per heavy atom. The largest absolute Gasteiger partial charge is 0.299 e. The molecule has 15 heavy (non-hydrogen) atoms. The average molecular weight is 216 g/mol. The molecule has 0 amide bonds. The van der Waals surface area contributed by atoms with E-state index >= 15 is 0 Å². The Balaban J connectivity index is 2.28. The van der Waals surface area contributed by atoms with Crippen LogP contribution in [0.1, 0.15) is 4.88 Å². The van der Waals surface area contributed by atoms with Gasteiger partial charge in [0, 0.05) is 28.2 Å². The van der Waals surface area contributed by atoms with Gasteiger partial charge >= 0.3 is 0 Å². The molecule has 0 atom stereocenters. The molecule has 0 saturated heterocycles. The van der Waals surface area contributed by atoms with E-state index in [1.807, 2.05) is 11.4 Å². The Morgan fingerprint density at radius 1 is 1.27 bits per heavy atom. The van der Waals surface area contributed by atoms with E-state index in [0.717, 1.165) is 16.7 Å². The maximum Gasteiger partial charge on any atom is 0.159 e. The zero-order chi connectivity index (χ0) is 10.5. The summed E-state index contributed by atoms with van der Waals surface area (Å²) in [4.78, 5) is 19.5. The zero-order valence-electron chi connectivity index (χ0n) is 7.83. The maximum absolute atomic E-state index is 10.1. The van der Waals surface area contributed by atoms with Crippen molar-refractivity contribution in [2.75, 3.05) is 0 Å². The van der Waals surface area contributed by atoms with Gasteiger partial charge in [0.05, 0.1) is 0 Å². The van der Waals surface area contributed by atoms with Crippen molar-refractivity contribution in [2.24, 2.45) is 0 Å². The van der Waals surface area contributed by atoms with Crippen LogP contribution in [0.3, 0.4) is 0 Å². The number of allylic oxidation sites excluding steroid dienone is 1. The van der Waals surface area contributed by atoms with E-state index in [1.165, 1.54) is 6.08 Å². The number of thiophene rings is 1. The topological polar surface area (TPSA) is 42.9 Å². The van der Waals surface area contributed by atoms with Gasteiger partial charge in [0.15, 0.2) is 5.82 Å². The minimum absolute atomic E-state index is 0.708. The molecular weight excluding hydrogens is 208 g/mol. The second kappa shape index (κ2) is 4.61. The molecule has 0 radical (unpaired) electrons. The van der Waals surface area contributed by atoms with Gasteiger partial charge in [-0.05, 0) is 24.3 Å². The highest BCUT2D eigenvalue weighted by Gasteiger charge is 2.01. The fourth-order valence-electron chi connectivity index (χ4n) is 1.14. The highest BCUT2D eigenvalue weighted by atomic mass is 32.1. The molecule has 3 nitrogen and oxygen atoms in total. The van der Waals surface area contributed by atoms with Gasteiger partial charge in [-0.1, -0.05) is 0 Å². The first kappa shape index (κ1) is 9.73. The summed E-state index contributed by atoms with van der Waals surface area (Å²) in [7, 11) is 0. The summed E-state index contributed by atoms with van der Waals surface area (Å²) in [5.74, 6) is 0.708. The molecular formula is C11H8N2OS. The van der Waals surface area contributed by atoms with Crippen molar-refractivity contribution in [3.05, 3.63) is 40.9 Å². The molecule has 0 aliphatic carbocycles. The molecule has 0 saturated carbocycles. The quantitative estimate of drug-likeness (QED) is 0.584. The Bertz CT molecular complexity index is 476. The van der Waals surface area contributed by atoms with Crippen molar-refractivity contribution < 1.29 is 4.79 Å². The van der Waals surface area contributed by atoms with E-state index < -0.39 is 0 Å². The average Bonchev–Trinajstić information content (AvgIpc) is 2.76. The Morgan fingerprint density at radius 2 is 2.07 bits per heavy atom. The molecule has 0 aliphatic heterocycles. The maximum atomic E-state index is 10.1. The number of nitrogens with zero attached hydrogens (tertiary/aromatic N) is 2. The molecule has 2 aromatic rings. The molecule has 0 aliphatic rings. The predicted molar refractivity (Wildman–Crippen MR) is 60.4 cm³/mol. The second-order valence-electron chi connectivity index (χ2n) is 2.81. The van der Waals surface area contributed by atoms with Gasteiger partial charge in [-0.2, -0.15) is 0 Å². The van der Waals surface area contributed by atoms with E-state index in [2.05, 4.69) is 9.97 Å². The third-order valence-corrected chi connectivity index (χ3v) is 2.68. The summed E-state index contributed by atoms with van der Waals surface area (Å²) in [5.41, 5.74) is 0.978. The first-order chi connectivity index (χ1) is 7.40. The van der Waals surface area contributed by atoms with Gasteiger partial charge in [-0.25, -0.2) is 9.97 Å². The minimum atomic E-state index is 0.708. The third kappa shape index (κ3) is 2.35. The first-order valence-corrected chi connectivity index (χ1v) is 5.26. The van der Waals surface area contributed by atoms with E-state index in [4.69, 9.17) is 0 Å². The lowest BCUT2D eigenvalue weighted by atomic mass is 10.3. The SMILES string of the molecule is O=C/C=C/c1cc(-c2ncccn2)cs1. The molecule has 0 N–H and O–H groups in total. The monoisotopic (exact) mass is 216 g/mol. The van der Waals surface area contributed by atoms with Gasteiger partial charge in [0.2, 0.25) is 0 Å². The van der Waals surface area contributed by atoms with Crippen LogP contribution in [0.4, 0.5) is 0 Å². The van der Waals surface area contributed by atoms with Crippen molar-refractivity contribution in [3.63, 3.8) is 0 Å². The van der Waals surface area contributed by atoms with Crippen LogP contribution in [0.5, 0.6) is 0 Å². The fourth-order valence-corrected chi connectivity index (χ4v) is 1.93. The van der Waals surface area contributed by atoms with Crippen molar-refractivity contribution in [3.8, 4) is 11.4 Å². The Kier molecular flexibility index (Phi) is 2.99. The highest BCUT2D eigenvalue weighted by Crippen LogP contribution is 2.23. The molecule has 0 bridgehead atoms. The number of aldehydes is 1. The molecule has 0 fully saturated rings. The zero-order valence-corrected chi connectivity index (χ0v) is 8.65. The van der Waals surface area contributed by atoms with Crippen molar-refractivity contribution in [2.45, 2.75) is 0 Å². The van der Waals surface area contributed by atoms with Crippen molar-refractivity contribution in [1.29, 1.82) is 0 Å². The van der Waals surface area contributed by atoms with Crippen molar-refractivity contribution in [1.82, 2.24) is 9.97 Å². The molecule has 0 aromatic carbocycles. The van der Waals surface area contributed by atoms with Gasteiger partial charge in [-0.3, -0.25) is 4.79 Å². The molecule has 0 spiro atoms. The van der Waals surface area contributed by atoms with Crippen LogP contribution >= 0.6 is 11.3 Å². The number of aromatic nitrogens is 2. The normalized spacial score (nSPS) is 10.7. The molecule has 2 aromatic heterocycles. The van der Waals surface area contributed by atoms with Crippen LogP contribution in [0, 0.1) is 0 Å². The Labute approximate surface area is 91.1 Å². The van der Waals surface area contributed by atoms with Crippen LogP contribution in [-0.2, 0) is 4.79 Å². The van der Waals surface area contributed by atoms with Crippen LogP contribution in [0.15, 0.2) is 36.0 Å². The number of hydrogen-bond acceptors (Lipinski definition) is 4. The summed E-state index contributed by atoms with van der Waals surface area (Å²) in [5, 5.41) is 1.97. The Hall–Kier alpha value is -1.81. The predicted octanol–water partition coefficient (Wildman–Crippen LogP) is 2.42. The lowest BCUT2D eigenvalue weighted by Crippen LogP contribution is -1.83. The van der Waals surface area contributed by atoms with E-state index in [9.17, 15) is 4.79 Å². The molecule has 2 rings (SSSR count). The fraction of sp³-hybridized carbons (Fsp3) is 0. The first-order valence-electron chi connectivity index (χ1n) is 4.38. The summed E-state index contributed by atoms with van der Waals surface area (Å²) in [6.45, 7) is 0. The van der Waals surface area contributed by atoms with E-state index in [1.54, 1.807) is 35.9 Å². The van der Waals surface area contributed by atoms with E-state index in [-0.39, 0.29) is 0 Å². The van der Waals surface area contributed by atoms with Gasteiger partial charge < -0.3 is 0 Å². The molecule has 2 heterocycles. The van der Waals surface area contributed by atoms with Crippen molar-refractivity contribution >= 4 is 23.7 Å². The summed E-state index contributed by atoms with van der Waals surface area (Å²) >= 11 is 1.56. The lowest BCUT2D eigenvalue weighted by molar-refractivity contribution is -0.104. The summed E-state index contributed by atoms with van der Waals surface area (Å²) in [6, 6.07) is 3.74.